The van der Waals surface area contributed by atoms with Gasteiger partial charge in [-0.25, -0.2) is 0 Å². The minimum absolute atomic E-state index is 0.143. The fourth-order valence-electron chi connectivity index (χ4n) is 1.91. The van der Waals surface area contributed by atoms with E-state index >= 15 is 0 Å². The Morgan fingerprint density at radius 3 is 2.14 bits per heavy atom. The van der Waals surface area contributed by atoms with Crippen LogP contribution in [-0.4, -0.2) is 31.1 Å². The van der Waals surface area contributed by atoms with E-state index in [1.54, 1.807) is 0 Å². The quantitative estimate of drug-likeness (QED) is 0.354. The highest BCUT2D eigenvalue weighted by atomic mass is 16.5. The van der Waals surface area contributed by atoms with Crippen LogP contribution in [0.4, 0.5) is 0 Å². The molecule has 0 aromatic rings. The maximum absolute atomic E-state index is 11.6. The van der Waals surface area contributed by atoms with Crippen molar-refractivity contribution in [3.05, 3.63) is 0 Å². The lowest BCUT2D eigenvalue weighted by atomic mass is 9.99. The number of ketones is 1. The fraction of sp³-hybridized carbons (Fsp3) is 0.889. The molecule has 0 aromatic carbocycles. The van der Waals surface area contributed by atoms with Crippen LogP contribution in [-0.2, 0) is 19.1 Å². The van der Waals surface area contributed by atoms with Gasteiger partial charge >= 0.3 is 5.97 Å². The summed E-state index contributed by atoms with van der Waals surface area (Å²) in [7, 11) is 0. The minimum atomic E-state index is -0.154. The smallest absolute Gasteiger partial charge is 0.305 e. The molecule has 0 saturated carbocycles. The molecule has 0 fully saturated rings. The molecule has 22 heavy (non-hydrogen) atoms. The Hall–Kier alpha value is -0.900. The van der Waals surface area contributed by atoms with Crippen LogP contribution in [0.3, 0.4) is 0 Å². The number of ether oxygens (including phenoxy) is 2. The third-order valence-corrected chi connectivity index (χ3v) is 4.00. The van der Waals surface area contributed by atoms with Gasteiger partial charge in [0.05, 0.1) is 12.7 Å². The van der Waals surface area contributed by atoms with E-state index in [4.69, 9.17) is 9.47 Å². The van der Waals surface area contributed by atoms with Crippen LogP contribution in [0, 0.1) is 5.92 Å². The topological polar surface area (TPSA) is 52.6 Å². The van der Waals surface area contributed by atoms with Gasteiger partial charge in [0.15, 0.2) is 0 Å². The van der Waals surface area contributed by atoms with Gasteiger partial charge in [0.25, 0.3) is 0 Å². The van der Waals surface area contributed by atoms with Crippen LogP contribution in [0.15, 0.2) is 0 Å². The van der Waals surface area contributed by atoms with E-state index in [1.165, 1.54) is 0 Å². The molecule has 0 aliphatic carbocycles. The predicted octanol–water partition coefficient (Wildman–Crippen LogP) is 4.30. The summed E-state index contributed by atoms with van der Waals surface area (Å²) in [6, 6.07) is 0. The van der Waals surface area contributed by atoms with E-state index in [1.807, 2.05) is 13.8 Å². The predicted molar refractivity (Wildman–Crippen MR) is 88.8 cm³/mol. The van der Waals surface area contributed by atoms with Crippen molar-refractivity contribution in [3.8, 4) is 0 Å². The van der Waals surface area contributed by atoms with E-state index in [-0.39, 0.29) is 11.9 Å². The number of hydrogen-bond donors (Lipinski definition) is 0. The molecule has 130 valence electrons. The summed E-state index contributed by atoms with van der Waals surface area (Å²) in [6.45, 7) is 9.34. The van der Waals surface area contributed by atoms with Gasteiger partial charge in [0.2, 0.25) is 0 Å². The standard InChI is InChI=1S/C18H34O4/c1-5-15(3)17(19)11-7-8-12-18(20)22-14-10-9-13-21-16(4)6-2/h15-16H,5-14H2,1-4H3. The monoisotopic (exact) mass is 314 g/mol. The Labute approximate surface area is 135 Å². The highest BCUT2D eigenvalue weighted by Gasteiger charge is 2.10. The van der Waals surface area contributed by atoms with E-state index in [9.17, 15) is 9.59 Å². The number of carbonyl (C=O) groups is 2. The number of unbranched alkanes of at least 4 members (excludes halogenated alkanes) is 2. The maximum atomic E-state index is 11.6. The van der Waals surface area contributed by atoms with Gasteiger partial charge in [-0.1, -0.05) is 20.8 Å². The second-order valence-corrected chi connectivity index (χ2v) is 6.00. The number of Topliss-reactive ketones (excluding diaryl/α,β-unsaturated/α-hetero) is 1. The summed E-state index contributed by atoms with van der Waals surface area (Å²) >= 11 is 0. The van der Waals surface area contributed by atoms with Gasteiger partial charge in [-0.3, -0.25) is 9.59 Å². The molecule has 0 amide bonds. The number of rotatable bonds is 14. The SMILES string of the molecule is CCC(C)OCCCCOC(=O)CCCCC(=O)C(C)CC. The van der Waals surface area contributed by atoms with Gasteiger partial charge in [-0.05, 0) is 45.4 Å². The molecule has 0 aromatic heterocycles. The van der Waals surface area contributed by atoms with Crippen molar-refractivity contribution in [1.82, 2.24) is 0 Å². The second-order valence-electron chi connectivity index (χ2n) is 6.00. The molecular formula is C18H34O4. The van der Waals surface area contributed by atoms with Crippen molar-refractivity contribution in [3.63, 3.8) is 0 Å². The molecule has 0 N–H and O–H groups in total. The Morgan fingerprint density at radius 1 is 0.864 bits per heavy atom. The molecule has 4 heteroatoms. The van der Waals surface area contributed by atoms with Gasteiger partial charge in [0, 0.05) is 25.4 Å². The lowest BCUT2D eigenvalue weighted by Gasteiger charge is -2.10. The van der Waals surface area contributed by atoms with Crippen molar-refractivity contribution < 1.29 is 19.1 Å². The molecule has 2 atom stereocenters. The van der Waals surface area contributed by atoms with Crippen molar-refractivity contribution in [2.24, 2.45) is 5.92 Å². The molecule has 0 aliphatic rings. The Kier molecular flexibility index (Phi) is 13.2. The molecule has 0 spiro atoms. The number of hydrogen-bond acceptors (Lipinski definition) is 4. The summed E-state index contributed by atoms with van der Waals surface area (Å²) < 4.78 is 10.7. The zero-order valence-corrected chi connectivity index (χ0v) is 14.9. The highest BCUT2D eigenvalue weighted by molar-refractivity contribution is 5.80. The third-order valence-electron chi connectivity index (χ3n) is 4.00. The van der Waals surface area contributed by atoms with E-state index < -0.39 is 0 Å². The maximum Gasteiger partial charge on any atom is 0.305 e. The van der Waals surface area contributed by atoms with Crippen LogP contribution in [0.2, 0.25) is 0 Å². The first-order valence-corrected chi connectivity index (χ1v) is 8.81. The zero-order chi connectivity index (χ0) is 16.8. The fourth-order valence-corrected chi connectivity index (χ4v) is 1.91. The van der Waals surface area contributed by atoms with Crippen LogP contribution in [0.1, 0.15) is 79.1 Å². The average molecular weight is 314 g/mol. The van der Waals surface area contributed by atoms with Gasteiger partial charge < -0.3 is 9.47 Å². The van der Waals surface area contributed by atoms with Gasteiger partial charge in [-0.2, -0.15) is 0 Å². The summed E-state index contributed by atoms with van der Waals surface area (Å²) in [5, 5.41) is 0. The Balaban J connectivity index is 3.42. The molecule has 0 heterocycles. The van der Waals surface area contributed by atoms with Crippen molar-refractivity contribution >= 4 is 11.8 Å². The lowest BCUT2D eigenvalue weighted by molar-refractivity contribution is -0.144. The summed E-state index contributed by atoms with van der Waals surface area (Å²) in [4.78, 5) is 23.2. The van der Waals surface area contributed by atoms with Crippen molar-refractivity contribution in [2.45, 2.75) is 85.2 Å². The summed E-state index contributed by atoms with van der Waals surface area (Å²) in [5.74, 6) is 0.292. The van der Waals surface area contributed by atoms with E-state index in [2.05, 4.69) is 13.8 Å². The molecule has 0 rings (SSSR count). The average Bonchev–Trinajstić information content (AvgIpc) is 2.53. The van der Waals surface area contributed by atoms with Crippen LogP contribution in [0.5, 0.6) is 0 Å². The molecule has 2 unspecified atom stereocenters. The first-order chi connectivity index (χ1) is 10.5. The second kappa shape index (κ2) is 13.7. The molecule has 0 saturated heterocycles. The van der Waals surface area contributed by atoms with Crippen molar-refractivity contribution in [2.75, 3.05) is 13.2 Å². The minimum Gasteiger partial charge on any atom is -0.466 e. The first kappa shape index (κ1) is 21.1. The largest absolute Gasteiger partial charge is 0.466 e. The Bertz CT molecular complexity index is 301. The van der Waals surface area contributed by atoms with Gasteiger partial charge in [-0.15, -0.1) is 0 Å². The van der Waals surface area contributed by atoms with E-state index in [0.29, 0.717) is 31.3 Å². The third kappa shape index (κ3) is 11.7. The van der Waals surface area contributed by atoms with Crippen molar-refractivity contribution in [1.29, 1.82) is 0 Å². The van der Waals surface area contributed by atoms with Crippen LogP contribution >= 0.6 is 0 Å². The zero-order valence-electron chi connectivity index (χ0n) is 14.9. The van der Waals surface area contributed by atoms with Crippen LogP contribution < -0.4 is 0 Å². The van der Waals surface area contributed by atoms with E-state index in [0.717, 1.165) is 45.1 Å². The number of esters is 1. The molecule has 0 bridgehead atoms. The molecule has 0 aliphatic heterocycles. The lowest BCUT2D eigenvalue weighted by Crippen LogP contribution is -2.11. The molecule has 4 nitrogen and oxygen atoms in total. The van der Waals surface area contributed by atoms with Crippen LogP contribution in [0.25, 0.3) is 0 Å². The van der Waals surface area contributed by atoms with Gasteiger partial charge in [0.1, 0.15) is 5.78 Å². The highest BCUT2D eigenvalue weighted by Crippen LogP contribution is 2.10. The summed E-state index contributed by atoms with van der Waals surface area (Å²) in [6.07, 6.45) is 6.48. The molecule has 0 radical (unpaired) electrons. The summed E-state index contributed by atoms with van der Waals surface area (Å²) in [5.41, 5.74) is 0. The Morgan fingerprint density at radius 2 is 1.50 bits per heavy atom. The number of carbonyl (C=O) groups excluding carboxylic acids is 2. The normalized spacial score (nSPS) is 13.6. The molecular weight excluding hydrogens is 280 g/mol. The first-order valence-electron chi connectivity index (χ1n) is 8.81.